The van der Waals surface area contributed by atoms with Gasteiger partial charge in [-0.15, -0.1) is 0 Å². The minimum atomic E-state index is -0.256. The average Bonchev–Trinajstić information content (AvgIpc) is 2.38. The minimum Gasteiger partial charge on any atom is -0.508 e. The topological polar surface area (TPSA) is 61.4 Å². The number of hydrogen-bond acceptors (Lipinski definition) is 3. The largest absolute Gasteiger partial charge is 0.508 e. The molecule has 1 amide bonds. The number of phenols is 1. The van der Waals surface area contributed by atoms with Gasteiger partial charge in [-0.1, -0.05) is 18.2 Å². The Morgan fingerprint density at radius 1 is 0.941 bits per heavy atom. The lowest BCUT2D eigenvalue weighted by atomic mass is 10.2. The summed E-state index contributed by atoms with van der Waals surface area (Å²) in [5.74, 6) is -0.119. The molecule has 0 aliphatic carbocycles. The number of para-hydroxylation sites is 1. The normalized spacial score (nSPS) is 9.65. The zero-order valence-corrected chi connectivity index (χ0v) is 9.05. The van der Waals surface area contributed by atoms with Crippen LogP contribution in [-0.4, -0.2) is 11.0 Å². The van der Waals surface area contributed by atoms with Gasteiger partial charge in [-0.2, -0.15) is 0 Å². The van der Waals surface area contributed by atoms with E-state index in [1.165, 1.54) is 12.1 Å². The number of hydrazine groups is 1. The Morgan fingerprint density at radius 3 is 2.24 bits per heavy atom. The number of anilines is 1. The van der Waals surface area contributed by atoms with E-state index in [4.69, 9.17) is 5.11 Å². The zero-order chi connectivity index (χ0) is 12.1. The van der Waals surface area contributed by atoms with Crippen LogP contribution < -0.4 is 10.9 Å². The van der Waals surface area contributed by atoms with E-state index in [-0.39, 0.29) is 11.7 Å². The van der Waals surface area contributed by atoms with E-state index in [1.807, 2.05) is 30.3 Å². The van der Waals surface area contributed by atoms with Gasteiger partial charge in [0.05, 0.1) is 5.69 Å². The second-order valence-corrected chi connectivity index (χ2v) is 3.49. The molecular weight excluding hydrogens is 216 g/mol. The maximum absolute atomic E-state index is 11.7. The molecule has 86 valence electrons. The van der Waals surface area contributed by atoms with Crippen molar-refractivity contribution in [2.24, 2.45) is 0 Å². The van der Waals surface area contributed by atoms with Gasteiger partial charge in [0.1, 0.15) is 5.75 Å². The van der Waals surface area contributed by atoms with Gasteiger partial charge < -0.3 is 5.11 Å². The molecule has 0 unspecified atom stereocenters. The van der Waals surface area contributed by atoms with E-state index in [0.717, 1.165) is 5.69 Å². The smallest absolute Gasteiger partial charge is 0.269 e. The van der Waals surface area contributed by atoms with Crippen LogP contribution in [0.4, 0.5) is 5.69 Å². The highest BCUT2D eigenvalue weighted by Crippen LogP contribution is 2.09. The summed E-state index contributed by atoms with van der Waals surface area (Å²) in [4.78, 5) is 11.7. The second kappa shape index (κ2) is 5.03. The Bertz CT molecular complexity index is 495. The SMILES string of the molecule is O=C(NNc1ccccc1)c1ccc(O)cc1. The number of hydrogen-bond donors (Lipinski definition) is 3. The van der Waals surface area contributed by atoms with Crippen molar-refractivity contribution in [2.45, 2.75) is 0 Å². The van der Waals surface area contributed by atoms with Crippen LogP contribution in [-0.2, 0) is 0 Å². The van der Waals surface area contributed by atoms with Crippen molar-refractivity contribution in [3.8, 4) is 5.75 Å². The van der Waals surface area contributed by atoms with E-state index in [9.17, 15) is 4.79 Å². The fourth-order valence-electron chi connectivity index (χ4n) is 1.34. The number of carbonyl (C=O) groups is 1. The molecule has 0 saturated heterocycles. The first kappa shape index (κ1) is 11.0. The van der Waals surface area contributed by atoms with E-state index in [2.05, 4.69) is 10.9 Å². The molecule has 4 heteroatoms. The third-order valence-electron chi connectivity index (χ3n) is 2.22. The van der Waals surface area contributed by atoms with E-state index >= 15 is 0 Å². The molecule has 0 aromatic heterocycles. The van der Waals surface area contributed by atoms with Crippen molar-refractivity contribution < 1.29 is 9.90 Å². The Kier molecular flexibility index (Phi) is 3.25. The third kappa shape index (κ3) is 2.98. The number of carbonyl (C=O) groups excluding carboxylic acids is 1. The van der Waals surface area contributed by atoms with Crippen LogP contribution in [0, 0.1) is 0 Å². The lowest BCUT2D eigenvalue weighted by Crippen LogP contribution is -2.29. The highest BCUT2D eigenvalue weighted by Gasteiger charge is 2.03. The van der Waals surface area contributed by atoms with Crippen LogP contribution in [0.1, 0.15) is 10.4 Å². The van der Waals surface area contributed by atoms with Crippen LogP contribution in [0.5, 0.6) is 5.75 Å². The Labute approximate surface area is 98.9 Å². The first-order valence-electron chi connectivity index (χ1n) is 5.16. The molecule has 0 aliphatic rings. The molecular formula is C13H12N2O2. The van der Waals surface area contributed by atoms with E-state index in [1.54, 1.807) is 12.1 Å². The van der Waals surface area contributed by atoms with Crippen molar-refractivity contribution >= 4 is 11.6 Å². The summed E-state index contributed by atoms with van der Waals surface area (Å²) in [7, 11) is 0. The van der Waals surface area contributed by atoms with Crippen molar-refractivity contribution in [3.63, 3.8) is 0 Å². The molecule has 4 nitrogen and oxygen atoms in total. The maximum Gasteiger partial charge on any atom is 0.269 e. The first-order valence-corrected chi connectivity index (χ1v) is 5.16. The van der Waals surface area contributed by atoms with Crippen LogP contribution in [0.2, 0.25) is 0 Å². The van der Waals surface area contributed by atoms with Crippen LogP contribution in [0.25, 0.3) is 0 Å². The van der Waals surface area contributed by atoms with Gasteiger partial charge in [0, 0.05) is 5.56 Å². The number of aromatic hydroxyl groups is 1. The highest BCUT2D eigenvalue weighted by atomic mass is 16.3. The molecule has 0 radical (unpaired) electrons. The van der Waals surface area contributed by atoms with Gasteiger partial charge in [-0.3, -0.25) is 15.6 Å². The van der Waals surface area contributed by atoms with Crippen molar-refractivity contribution in [2.75, 3.05) is 5.43 Å². The average molecular weight is 228 g/mol. The first-order chi connectivity index (χ1) is 8.25. The summed E-state index contributed by atoms with van der Waals surface area (Å²) in [6, 6.07) is 15.4. The molecule has 2 aromatic rings. The summed E-state index contributed by atoms with van der Waals surface area (Å²) in [5, 5.41) is 9.10. The third-order valence-corrected chi connectivity index (χ3v) is 2.22. The molecule has 0 spiro atoms. The van der Waals surface area contributed by atoms with Crippen molar-refractivity contribution in [1.82, 2.24) is 5.43 Å². The fraction of sp³-hybridized carbons (Fsp3) is 0. The van der Waals surface area contributed by atoms with Gasteiger partial charge in [0.2, 0.25) is 0 Å². The number of nitrogens with one attached hydrogen (secondary N) is 2. The summed E-state index contributed by atoms with van der Waals surface area (Å²) < 4.78 is 0. The zero-order valence-electron chi connectivity index (χ0n) is 9.05. The molecule has 0 bridgehead atoms. The Hall–Kier alpha value is -2.49. The highest BCUT2D eigenvalue weighted by molar-refractivity contribution is 5.94. The van der Waals surface area contributed by atoms with E-state index < -0.39 is 0 Å². The number of phenolic OH excluding ortho intramolecular Hbond substituents is 1. The summed E-state index contributed by atoms with van der Waals surface area (Å²) in [5.41, 5.74) is 6.64. The monoisotopic (exact) mass is 228 g/mol. The Balaban J connectivity index is 1.96. The molecule has 0 aliphatic heterocycles. The molecule has 17 heavy (non-hydrogen) atoms. The lowest BCUT2D eigenvalue weighted by molar-refractivity contribution is 0.0962. The molecule has 0 fully saturated rings. The molecule has 3 N–H and O–H groups in total. The minimum absolute atomic E-state index is 0.137. The predicted octanol–water partition coefficient (Wildman–Crippen LogP) is 2.15. The van der Waals surface area contributed by atoms with Crippen molar-refractivity contribution in [3.05, 3.63) is 60.2 Å². The summed E-state index contributed by atoms with van der Waals surface area (Å²) in [6.07, 6.45) is 0. The van der Waals surface area contributed by atoms with Gasteiger partial charge in [0.15, 0.2) is 0 Å². The fourth-order valence-corrected chi connectivity index (χ4v) is 1.34. The van der Waals surface area contributed by atoms with E-state index in [0.29, 0.717) is 5.56 Å². The van der Waals surface area contributed by atoms with Gasteiger partial charge >= 0.3 is 0 Å². The molecule has 0 atom stereocenters. The van der Waals surface area contributed by atoms with Gasteiger partial charge in [-0.05, 0) is 36.4 Å². The van der Waals surface area contributed by atoms with Crippen LogP contribution in [0.3, 0.4) is 0 Å². The summed E-state index contributed by atoms with van der Waals surface area (Å²) >= 11 is 0. The Morgan fingerprint density at radius 2 is 1.59 bits per heavy atom. The molecule has 2 rings (SSSR count). The van der Waals surface area contributed by atoms with Gasteiger partial charge in [-0.25, -0.2) is 0 Å². The molecule has 2 aromatic carbocycles. The number of benzene rings is 2. The van der Waals surface area contributed by atoms with Gasteiger partial charge in [0.25, 0.3) is 5.91 Å². The predicted molar refractivity (Wildman–Crippen MR) is 65.6 cm³/mol. The molecule has 0 heterocycles. The van der Waals surface area contributed by atoms with Crippen molar-refractivity contribution in [1.29, 1.82) is 0 Å². The quantitative estimate of drug-likeness (QED) is 0.705. The summed E-state index contributed by atoms with van der Waals surface area (Å²) in [6.45, 7) is 0. The maximum atomic E-state index is 11.7. The van der Waals surface area contributed by atoms with Crippen LogP contribution >= 0.6 is 0 Å². The number of amides is 1. The number of rotatable bonds is 3. The standard InChI is InChI=1S/C13H12N2O2/c16-12-8-6-10(7-9-12)13(17)15-14-11-4-2-1-3-5-11/h1-9,14,16H,(H,15,17). The second-order valence-electron chi connectivity index (χ2n) is 3.49. The lowest BCUT2D eigenvalue weighted by Gasteiger charge is -2.08. The van der Waals surface area contributed by atoms with Crippen LogP contribution in [0.15, 0.2) is 54.6 Å². The molecule has 0 saturated carbocycles.